The molecule has 0 saturated carbocycles. The average molecular weight is 566 g/mol. The number of nitrogens with zero attached hydrogens (tertiary/aromatic N) is 5. The fourth-order valence-electron chi connectivity index (χ4n) is 5.44. The number of ether oxygens (including phenoxy) is 1. The number of hydrogen-bond donors (Lipinski definition) is 3. The number of halogens is 1. The Morgan fingerprint density at radius 2 is 2.05 bits per heavy atom. The van der Waals surface area contributed by atoms with Crippen LogP contribution in [0.4, 0.5) is 11.8 Å². The third kappa shape index (κ3) is 5.14. The first-order chi connectivity index (χ1) is 19.2. The predicted octanol–water partition coefficient (Wildman–Crippen LogP) is 3.38. The molecule has 2 aliphatic heterocycles. The van der Waals surface area contributed by atoms with Crippen LogP contribution in [0.5, 0.6) is 5.75 Å². The van der Waals surface area contributed by atoms with Crippen molar-refractivity contribution in [2.75, 3.05) is 37.4 Å². The number of likely N-dealkylation sites (tertiary alicyclic amines) is 1. The number of aryl methyl sites for hydroxylation is 1. The van der Waals surface area contributed by atoms with Gasteiger partial charge in [-0.2, -0.15) is 4.98 Å². The van der Waals surface area contributed by atoms with E-state index >= 15 is 0 Å². The third-order valence-electron chi connectivity index (χ3n) is 7.61. The van der Waals surface area contributed by atoms with E-state index in [1.807, 2.05) is 18.7 Å². The number of hydrogen-bond acceptors (Lipinski definition) is 8. The van der Waals surface area contributed by atoms with Crippen LogP contribution < -0.4 is 15.4 Å². The molecule has 2 amide bonds. The minimum atomic E-state index is -0.342. The molecule has 3 aromatic rings. The minimum Gasteiger partial charge on any atom is -0.496 e. The van der Waals surface area contributed by atoms with Crippen LogP contribution in [0.15, 0.2) is 18.5 Å². The summed E-state index contributed by atoms with van der Waals surface area (Å²) >= 11 is 6.49. The lowest BCUT2D eigenvalue weighted by atomic mass is 9.93. The number of nitrogens with two attached hydrogens (primary N) is 1. The molecule has 0 bridgehead atoms. The molecule has 4 N–H and O–H groups in total. The lowest BCUT2D eigenvalue weighted by molar-refractivity contribution is -0.113. The molecule has 0 aliphatic carbocycles. The Morgan fingerprint density at radius 3 is 2.75 bits per heavy atom. The van der Waals surface area contributed by atoms with Crippen LogP contribution >= 0.6 is 11.6 Å². The monoisotopic (exact) mass is 565 g/mol. The molecule has 0 radical (unpaired) electrons. The van der Waals surface area contributed by atoms with Gasteiger partial charge in [-0.3, -0.25) is 19.5 Å². The van der Waals surface area contributed by atoms with E-state index in [1.54, 1.807) is 31.6 Å². The molecule has 1 saturated heterocycles. The van der Waals surface area contributed by atoms with Crippen LogP contribution in [-0.4, -0.2) is 68.6 Å². The second-order valence-electron chi connectivity index (χ2n) is 10.2. The standard InChI is InChI=1S/C28H32ClN7O4/c1-15-12-32-21(16(2)23(15)40-3)14-36-25-22(24(29)33-28(30)34-25)20(27(36)39)11-19-10-18(13-31-19)26(38)35-7-4-17(5-8-35)6-9-37/h10-13,17,31,37H,4-9,14H2,1-3H3,(H2,30,33,34). The van der Waals surface area contributed by atoms with Crippen LogP contribution in [-0.2, 0) is 11.3 Å². The first kappa shape index (κ1) is 27.6. The number of methoxy groups -OCH3 is 1. The number of amides is 2. The second-order valence-corrected chi connectivity index (χ2v) is 10.5. The molecule has 40 heavy (non-hydrogen) atoms. The largest absolute Gasteiger partial charge is 0.496 e. The van der Waals surface area contributed by atoms with Gasteiger partial charge in [0, 0.05) is 48.9 Å². The SMILES string of the molecule is COc1c(C)cnc(CN2C(=O)C(=Cc3cc(C(=O)N4CCC(CCO)CC4)c[nH]3)c3c(Cl)nc(N)nc32)c1C. The number of aliphatic hydroxyl groups excluding tert-OH is 1. The van der Waals surface area contributed by atoms with E-state index in [0.29, 0.717) is 53.1 Å². The zero-order chi connectivity index (χ0) is 28.6. The van der Waals surface area contributed by atoms with Gasteiger partial charge in [-0.1, -0.05) is 11.6 Å². The average Bonchev–Trinajstić information content (AvgIpc) is 3.49. The van der Waals surface area contributed by atoms with E-state index in [4.69, 9.17) is 22.1 Å². The number of H-pyrrole nitrogens is 1. The van der Waals surface area contributed by atoms with Crippen LogP contribution in [0.3, 0.4) is 0 Å². The molecular weight excluding hydrogens is 534 g/mol. The molecule has 2 aliphatic rings. The molecule has 210 valence electrons. The van der Waals surface area contributed by atoms with Crippen molar-refractivity contribution in [3.05, 3.63) is 57.3 Å². The molecule has 0 aromatic carbocycles. The van der Waals surface area contributed by atoms with Gasteiger partial charge in [-0.05, 0) is 51.2 Å². The number of fused-ring (bicyclic) bond motifs is 1. The van der Waals surface area contributed by atoms with Gasteiger partial charge in [0.2, 0.25) is 5.95 Å². The molecule has 11 nitrogen and oxygen atoms in total. The summed E-state index contributed by atoms with van der Waals surface area (Å²) in [5.74, 6) is 0.970. The quantitative estimate of drug-likeness (QED) is 0.291. The van der Waals surface area contributed by atoms with E-state index < -0.39 is 0 Å². The Balaban J connectivity index is 1.43. The van der Waals surface area contributed by atoms with Crippen LogP contribution in [0.25, 0.3) is 11.6 Å². The van der Waals surface area contributed by atoms with Gasteiger partial charge in [0.1, 0.15) is 10.9 Å². The van der Waals surface area contributed by atoms with Gasteiger partial charge in [0.15, 0.2) is 5.82 Å². The zero-order valence-electron chi connectivity index (χ0n) is 22.7. The Hall–Kier alpha value is -3.96. The highest BCUT2D eigenvalue weighted by Crippen LogP contribution is 2.41. The van der Waals surface area contributed by atoms with E-state index in [1.165, 1.54) is 4.90 Å². The van der Waals surface area contributed by atoms with Crippen molar-refractivity contribution in [3.63, 3.8) is 0 Å². The molecule has 3 aromatic heterocycles. The first-order valence-corrected chi connectivity index (χ1v) is 13.5. The predicted molar refractivity (Wildman–Crippen MR) is 152 cm³/mol. The maximum Gasteiger partial charge on any atom is 0.260 e. The maximum atomic E-state index is 13.8. The summed E-state index contributed by atoms with van der Waals surface area (Å²) in [6.45, 7) is 5.39. The van der Waals surface area contributed by atoms with Gasteiger partial charge in [-0.15, -0.1) is 0 Å². The molecular formula is C28H32ClN7O4. The summed E-state index contributed by atoms with van der Waals surface area (Å²) in [5.41, 5.74) is 9.96. The maximum absolute atomic E-state index is 13.8. The smallest absolute Gasteiger partial charge is 0.260 e. The number of nitrogen functional groups attached to an aromatic ring is 1. The summed E-state index contributed by atoms with van der Waals surface area (Å²) in [6.07, 6.45) is 7.50. The summed E-state index contributed by atoms with van der Waals surface area (Å²) in [7, 11) is 1.60. The van der Waals surface area contributed by atoms with E-state index in [-0.39, 0.29) is 41.6 Å². The van der Waals surface area contributed by atoms with Crippen molar-refractivity contribution in [2.45, 2.75) is 39.7 Å². The number of aliphatic hydroxyl groups is 1. The van der Waals surface area contributed by atoms with Crippen LogP contribution in [0.1, 0.15) is 57.7 Å². The fourth-order valence-corrected chi connectivity index (χ4v) is 5.71. The lowest BCUT2D eigenvalue weighted by Crippen LogP contribution is -2.38. The highest BCUT2D eigenvalue weighted by atomic mass is 35.5. The van der Waals surface area contributed by atoms with Crippen molar-refractivity contribution in [2.24, 2.45) is 5.92 Å². The Labute approximate surface area is 237 Å². The number of anilines is 2. The number of carbonyl (C=O) groups is 2. The number of aromatic nitrogens is 4. The molecule has 0 spiro atoms. The summed E-state index contributed by atoms with van der Waals surface area (Å²) in [4.78, 5) is 46.2. The topological polar surface area (TPSA) is 151 Å². The number of nitrogens with one attached hydrogen (secondary N) is 1. The van der Waals surface area contributed by atoms with E-state index in [0.717, 1.165) is 30.4 Å². The number of pyridine rings is 1. The second kappa shape index (κ2) is 11.3. The van der Waals surface area contributed by atoms with Crippen molar-refractivity contribution >= 4 is 46.8 Å². The molecule has 12 heteroatoms. The molecule has 0 unspecified atom stereocenters. The normalized spacial score (nSPS) is 16.6. The van der Waals surface area contributed by atoms with Crippen LogP contribution in [0.2, 0.25) is 5.15 Å². The zero-order valence-corrected chi connectivity index (χ0v) is 23.5. The van der Waals surface area contributed by atoms with Crippen molar-refractivity contribution in [1.29, 1.82) is 0 Å². The van der Waals surface area contributed by atoms with Gasteiger partial charge in [0.05, 0.1) is 36.0 Å². The summed E-state index contributed by atoms with van der Waals surface area (Å²) in [6, 6.07) is 1.72. The van der Waals surface area contributed by atoms with Gasteiger partial charge in [-0.25, -0.2) is 4.98 Å². The van der Waals surface area contributed by atoms with Gasteiger partial charge < -0.3 is 25.5 Å². The summed E-state index contributed by atoms with van der Waals surface area (Å²) < 4.78 is 5.53. The Kier molecular flexibility index (Phi) is 7.77. The lowest BCUT2D eigenvalue weighted by Gasteiger charge is -2.31. The summed E-state index contributed by atoms with van der Waals surface area (Å²) in [5, 5.41) is 9.25. The molecule has 0 atom stereocenters. The number of aromatic amines is 1. The number of rotatable bonds is 7. The van der Waals surface area contributed by atoms with Crippen molar-refractivity contribution in [3.8, 4) is 5.75 Å². The van der Waals surface area contributed by atoms with Crippen molar-refractivity contribution in [1.82, 2.24) is 24.8 Å². The molecule has 1 fully saturated rings. The first-order valence-electron chi connectivity index (χ1n) is 13.2. The highest BCUT2D eigenvalue weighted by Gasteiger charge is 2.37. The van der Waals surface area contributed by atoms with Gasteiger partial charge >= 0.3 is 0 Å². The third-order valence-corrected chi connectivity index (χ3v) is 7.89. The Morgan fingerprint density at radius 1 is 1.30 bits per heavy atom. The minimum absolute atomic E-state index is 0.0514. The van der Waals surface area contributed by atoms with E-state index in [2.05, 4.69) is 19.9 Å². The number of carbonyl (C=O) groups excluding carboxylic acids is 2. The fraction of sp³-hybridized carbons (Fsp3) is 0.393. The van der Waals surface area contributed by atoms with Crippen molar-refractivity contribution < 1.29 is 19.4 Å². The number of piperidine rings is 1. The highest BCUT2D eigenvalue weighted by molar-refractivity contribution is 6.41. The van der Waals surface area contributed by atoms with Crippen LogP contribution in [0, 0.1) is 19.8 Å². The van der Waals surface area contributed by atoms with Gasteiger partial charge in [0.25, 0.3) is 11.8 Å². The molecule has 5 rings (SSSR count). The molecule has 5 heterocycles. The Bertz CT molecular complexity index is 1490. The van der Waals surface area contributed by atoms with E-state index in [9.17, 15) is 14.7 Å².